The van der Waals surface area contributed by atoms with Gasteiger partial charge in [-0.15, -0.1) is 0 Å². The van der Waals surface area contributed by atoms with Gasteiger partial charge in [0.15, 0.2) is 5.75 Å². The predicted molar refractivity (Wildman–Crippen MR) is 67.9 cm³/mol. The van der Waals surface area contributed by atoms with Crippen LogP contribution in [-0.4, -0.2) is 20.7 Å². The molecule has 0 amide bonds. The fourth-order valence-electron chi connectivity index (χ4n) is 2.05. The lowest BCUT2D eigenvalue weighted by atomic mass is 9.98. The molecule has 0 aliphatic carbocycles. The van der Waals surface area contributed by atoms with E-state index in [2.05, 4.69) is 0 Å². The Hall–Kier alpha value is -1.78. The molecule has 0 radical (unpaired) electrons. The van der Waals surface area contributed by atoms with Gasteiger partial charge >= 0.3 is 5.97 Å². The zero-order chi connectivity index (χ0) is 13.9. The summed E-state index contributed by atoms with van der Waals surface area (Å²) in [6.45, 7) is 5.53. The topological polar surface area (TPSA) is 79.5 Å². The lowest BCUT2D eigenvalue weighted by molar-refractivity contribution is -0.142. The average Bonchev–Trinajstić information content (AvgIpc) is 2.33. The normalized spacial score (nSPS) is 14.2. The molecule has 0 saturated carbocycles. The number of carboxylic acid groups (broad SMARTS) is 1. The second kappa shape index (κ2) is 5.71. The number of carbonyl (C=O) groups is 1. The molecular weight excluding hydrogens is 234 g/mol. The SMILES string of the molecule is CCc1c(O)c(=O)ccn1C(C(=O)O)C(C)CC. The van der Waals surface area contributed by atoms with Crippen LogP contribution in [-0.2, 0) is 11.2 Å². The number of hydrogen-bond donors (Lipinski definition) is 2. The van der Waals surface area contributed by atoms with Gasteiger partial charge in [0.25, 0.3) is 0 Å². The first-order valence-corrected chi connectivity index (χ1v) is 6.09. The van der Waals surface area contributed by atoms with Crippen LogP contribution in [0.3, 0.4) is 0 Å². The number of nitrogens with zero attached hydrogens (tertiary/aromatic N) is 1. The van der Waals surface area contributed by atoms with Gasteiger partial charge in [-0.25, -0.2) is 4.79 Å². The van der Waals surface area contributed by atoms with Crippen molar-refractivity contribution in [2.24, 2.45) is 5.92 Å². The molecule has 0 bridgehead atoms. The molecule has 0 aromatic carbocycles. The van der Waals surface area contributed by atoms with Gasteiger partial charge in [0.1, 0.15) is 6.04 Å². The van der Waals surface area contributed by atoms with Crippen molar-refractivity contribution in [3.8, 4) is 5.75 Å². The van der Waals surface area contributed by atoms with Crippen molar-refractivity contribution in [3.05, 3.63) is 28.2 Å². The molecule has 0 saturated heterocycles. The molecule has 0 aliphatic heterocycles. The third kappa shape index (κ3) is 2.55. The summed E-state index contributed by atoms with van der Waals surface area (Å²) >= 11 is 0. The second-order valence-electron chi connectivity index (χ2n) is 4.40. The predicted octanol–water partition coefficient (Wildman–Crippen LogP) is 1.79. The molecular formula is C13H19NO4. The highest BCUT2D eigenvalue weighted by atomic mass is 16.4. The minimum atomic E-state index is -0.956. The molecule has 100 valence electrons. The standard InChI is InChI=1S/C13H19NO4/c1-4-8(3)11(13(17)18)14-7-6-10(15)12(16)9(14)5-2/h6-8,11,16H,4-5H2,1-3H3,(H,17,18). The van der Waals surface area contributed by atoms with Crippen LogP contribution in [0.25, 0.3) is 0 Å². The number of rotatable bonds is 5. The van der Waals surface area contributed by atoms with Gasteiger partial charge in [0.05, 0.1) is 5.69 Å². The highest BCUT2D eigenvalue weighted by molar-refractivity contribution is 5.72. The van der Waals surface area contributed by atoms with Gasteiger partial charge in [0, 0.05) is 12.3 Å². The van der Waals surface area contributed by atoms with Crippen molar-refractivity contribution >= 4 is 5.97 Å². The third-order valence-corrected chi connectivity index (χ3v) is 3.28. The molecule has 5 heteroatoms. The Morgan fingerprint density at radius 1 is 1.44 bits per heavy atom. The van der Waals surface area contributed by atoms with Crippen LogP contribution in [0.4, 0.5) is 0 Å². The second-order valence-corrected chi connectivity index (χ2v) is 4.40. The van der Waals surface area contributed by atoms with E-state index in [-0.39, 0.29) is 11.7 Å². The quantitative estimate of drug-likeness (QED) is 0.838. The van der Waals surface area contributed by atoms with Crippen LogP contribution in [0.15, 0.2) is 17.1 Å². The lowest BCUT2D eigenvalue weighted by Gasteiger charge is -2.25. The summed E-state index contributed by atoms with van der Waals surface area (Å²) in [7, 11) is 0. The fourth-order valence-corrected chi connectivity index (χ4v) is 2.05. The van der Waals surface area contributed by atoms with E-state index in [0.29, 0.717) is 18.5 Å². The van der Waals surface area contributed by atoms with Crippen molar-refractivity contribution in [2.75, 3.05) is 0 Å². The van der Waals surface area contributed by atoms with Gasteiger partial charge in [-0.3, -0.25) is 4.79 Å². The highest BCUT2D eigenvalue weighted by Gasteiger charge is 2.27. The van der Waals surface area contributed by atoms with Crippen molar-refractivity contribution in [2.45, 2.75) is 39.7 Å². The maximum Gasteiger partial charge on any atom is 0.326 e. The minimum absolute atomic E-state index is 0.0882. The van der Waals surface area contributed by atoms with Crippen LogP contribution in [0.1, 0.15) is 38.9 Å². The first-order valence-electron chi connectivity index (χ1n) is 6.09. The number of pyridine rings is 1. The number of aromatic hydroxyl groups is 1. The van der Waals surface area contributed by atoms with E-state index >= 15 is 0 Å². The van der Waals surface area contributed by atoms with Gasteiger partial charge < -0.3 is 14.8 Å². The third-order valence-electron chi connectivity index (χ3n) is 3.28. The first-order chi connectivity index (χ1) is 8.43. The van der Waals surface area contributed by atoms with Crippen LogP contribution >= 0.6 is 0 Å². The minimum Gasteiger partial charge on any atom is -0.503 e. The van der Waals surface area contributed by atoms with E-state index in [1.807, 2.05) is 13.8 Å². The Bertz CT molecular complexity index is 492. The summed E-state index contributed by atoms with van der Waals surface area (Å²) in [6, 6.07) is 0.434. The summed E-state index contributed by atoms with van der Waals surface area (Å²) in [5.74, 6) is -1.40. The van der Waals surface area contributed by atoms with Gasteiger partial charge in [-0.05, 0) is 12.3 Å². The van der Waals surface area contributed by atoms with E-state index in [1.165, 1.54) is 16.8 Å². The number of aromatic nitrogens is 1. The Labute approximate surface area is 106 Å². The van der Waals surface area contributed by atoms with Crippen LogP contribution in [0.2, 0.25) is 0 Å². The molecule has 0 aliphatic rings. The molecule has 0 fully saturated rings. The number of hydrogen-bond acceptors (Lipinski definition) is 3. The van der Waals surface area contributed by atoms with Gasteiger partial charge in [-0.1, -0.05) is 27.2 Å². The molecule has 2 atom stereocenters. The highest BCUT2D eigenvalue weighted by Crippen LogP contribution is 2.25. The van der Waals surface area contributed by atoms with Crippen molar-refractivity contribution in [3.63, 3.8) is 0 Å². The van der Waals surface area contributed by atoms with Gasteiger partial charge in [0.2, 0.25) is 5.43 Å². The molecule has 5 nitrogen and oxygen atoms in total. The maximum absolute atomic E-state index is 11.4. The fraction of sp³-hybridized carbons (Fsp3) is 0.538. The number of aliphatic carboxylic acids is 1. The van der Waals surface area contributed by atoms with Crippen molar-refractivity contribution < 1.29 is 15.0 Å². The van der Waals surface area contributed by atoms with Crippen LogP contribution in [0.5, 0.6) is 5.75 Å². The Balaban J connectivity index is 3.42. The molecule has 1 rings (SSSR count). The molecule has 2 unspecified atom stereocenters. The molecule has 1 aromatic rings. The molecule has 1 heterocycles. The summed E-state index contributed by atoms with van der Waals surface area (Å²) in [5, 5.41) is 19.1. The summed E-state index contributed by atoms with van der Waals surface area (Å²) in [4.78, 5) is 22.8. The maximum atomic E-state index is 11.4. The van der Waals surface area contributed by atoms with Crippen LogP contribution < -0.4 is 5.43 Å². The monoisotopic (exact) mass is 253 g/mol. The van der Waals surface area contributed by atoms with E-state index in [9.17, 15) is 19.8 Å². The largest absolute Gasteiger partial charge is 0.503 e. The Morgan fingerprint density at radius 3 is 2.50 bits per heavy atom. The smallest absolute Gasteiger partial charge is 0.326 e. The van der Waals surface area contributed by atoms with Crippen LogP contribution in [0, 0.1) is 5.92 Å². The molecule has 0 spiro atoms. The van der Waals surface area contributed by atoms with E-state index in [0.717, 1.165) is 0 Å². The van der Waals surface area contributed by atoms with Crippen molar-refractivity contribution in [1.82, 2.24) is 4.57 Å². The zero-order valence-corrected chi connectivity index (χ0v) is 10.9. The average molecular weight is 253 g/mol. The summed E-state index contributed by atoms with van der Waals surface area (Å²) < 4.78 is 1.49. The summed E-state index contributed by atoms with van der Waals surface area (Å²) in [5.41, 5.74) is -0.105. The lowest BCUT2D eigenvalue weighted by Crippen LogP contribution is -2.28. The van der Waals surface area contributed by atoms with E-state index in [1.54, 1.807) is 6.92 Å². The number of carboxylic acids is 1. The van der Waals surface area contributed by atoms with Crippen molar-refractivity contribution in [1.29, 1.82) is 0 Å². The zero-order valence-electron chi connectivity index (χ0n) is 10.9. The molecule has 18 heavy (non-hydrogen) atoms. The Kier molecular flexibility index (Phi) is 4.53. The summed E-state index contributed by atoms with van der Waals surface area (Å²) in [6.07, 6.45) is 2.56. The molecule has 2 N–H and O–H groups in total. The van der Waals surface area contributed by atoms with Gasteiger partial charge in [-0.2, -0.15) is 0 Å². The molecule has 1 aromatic heterocycles. The van der Waals surface area contributed by atoms with E-state index in [4.69, 9.17) is 0 Å². The first kappa shape index (κ1) is 14.3. The Morgan fingerprint density at radius 2 is 2.06 bits per heavy atom. The van der Waals surface area contributed by atoms with E-state index < -0.39 is 17.4 Å².